The number of nitrogens with one attached hydrogen (secondary N) is 1. The predicted molar refractivity (Wildman–Crippen MR) is 87.5 cm³/mol. The third-order valence-corrected chi connectivity index (χ3v) is 4.57. The van der Waals surface area contributed by atoms with E-state index in [-0.39, 0.29) is 0 Å². The fraction of sp³-hybridized carbons (Fsp3) is 0.471. The van der Waals surface area contributed by atoms with E-state index in [1.54, 1.807) is 7.11 Å². The lowest BCUT2D eigenvalue weighted by atomic mass is 10.2. The van der Waals surface area contributed by atoms with Crippen LogP contribution in [0.5, 0.6) is 5.75 Å². The van der Waals surface area contributed by atoms with Gasteiger partial charge in [0, 0.05) is 24.8 Å². The van der Waals surface area contributed by atoms with Crippen LogP contribution in [0.4, 0.5) is 0 Å². The molecular weight excluding hydrogens is 276 g/mol. The third-order valence-electron chi connectivity index (χ3n) is 4.57. The molecule has 3 rings (SSSR count). The Morgan fingerprint density at radius 1 is 1.27 bits per heavy atom. The van der Waals surface area contributed by atoms with Gasteiger partial charge in [0.05, 0.1) is 12.8 Å². The summed E-state index contributed by atoms with van der Waals surface area (Å²) >= 11 is 0. The van der Waals surface area contributed by atoms with E-state index in [1.807, 2.05) is 35.1 Å². The highest BCUT2D eigenvalue weighted by molar-refractivity contribution is 5.46. The molecule has 1 aromatic heterocycles. The fourth-order valence-corrected chi connectivity index (χ4v) is 2.84. The highest BCUT2D eigenvalue weighted by Gasteiger charge is 2.44. The minimum atomic E-state index is 0.356. The minimum Gasteiger partial charge on any atom is -0.494 e. The molecule has 1 fully saturated rings. The predicted octanol–water partition coefficient (Wildman–Crippen LogP) is 2.06. The standard InChI is InChI=1S/C17H24N4O/c1-20(2)17(9-10-17)13-18-12-14-8-11-19-21(14)15-6-4-5-7-16(15)22-3/h4-8,11,18H,9-10,12-13H2,1-3H3. The minimum absolute atomic E-state index is 0.356. The molecule has 1 heterocycles. The van der Waals surface area contributed by atoms with Gasteiger partial charge in [0.15, 0.2) is 0 Å². The van der Waals surface area contributed by atoms with Gasteiger partial charge < -0.3 is 15.0 Å². The summed E-state index contributed by atoms with van der Waals surface area (Å²) in [6, 6.07) is 10.0. The lowest BCUT2D eigenvalue weighted by Gasteiger charge is -2.24. The van der Waals surface area contributed by atoms with E-state index in [9.17, 15) is 0 Å². The van der Waals surface area contributed by atoms with Gasteiger partial charge in [0.25, 0.3) is 0 Å². The summed E-state index contributed by atoms with van der Waals surface area (Å²) in [5.41, 5.74) is 2.47. The maximum Gasteiger partial charge on any atom is 0.144 e. The van der Waals surface area contributed by atoms with E-state index >= 15 is 0 Å². The monoisotopic (exact) mass is 300 g/mol. The molecule has 1 aliphatic rings. The molecule has 1 saturated carbocycles. The van der Waals surface area contributed by atoms with Crippen LogP contribution >= 0.6 is 0 Å². The Labute approximate surface area is 131 Å². The van der Waals surface area contributed by atoms with Gasteiger partial charge >= 0.3 is 0 Å². The van der Waals surface area contributed by atoms with Gasteiger partial charge in [-0.15, -0.1) is 0 Å². The normalized spacial score (nSPS) is 16.0. The second-order valence-corrected chi connectivity index (χ2v) is 6.13. The molecule has 22 heavy (non-hydrogen) atoms. The summed E-state index contributed by atoms with van der Waals surface area (Å²) in [5, 5.41) is 8.02. The van der Waals surface area contributed by atoms with Crippen molar-refractivity contribution in [3.8, 4) is 11.4 Å². The van der Waals surface area contributed by atoms with E-state index in [0.717, 1.165) is 30.2 Å². The van der Waals surface area contributed by atoms with Crippen molar-refractivity contribution in [1.29, 1.82) is 0 Å². The number of para-hydroxylation sites is 2. The van der Waals surface area contributed by atoms with Crippen molar-refractivity contribution in [3.63, 3.8) is 0 Å². The first-order chi connectivity index (χ1) is 10.7. The zero-order valence-electron chi connectivity index (χ0n) is 13.5. The SMILES string of the molecule is COc1ccccc1-n1nccc1CNCC1(N(C)C)CC1. The zero-order chi connectivity index (χ0) is 15.6. The van der Waals surface area contributed by atoms with Crippen LogP contribution < -0.4 is 10.1 Å². The molecule has 0 spiro atoms. The number of benzene rings is 1. The van der Waals surface area contributed by atoms with Gasteiger partial charge in [0.1, 0.15) is 11.4 Å². The van der Waals surface area contributed by atoms with Crippen molar-refractivity contribution < 1.29 is 4.74 Å². The first-order valence-electron chi connectivity index (χ1n) is 7.71. The summed E-state index contributed by atoms with van der Waals surface area (Å²) in [5.74, 6) is 0.833. The van der Waals surface area contributed by atoms with E-state index in [1.165, 1.54) is 12.8 Å². The van der Waals surface area contributed by atoms with Gasteiger partial charge in [-0.25, -0.2) is 4.68 Å². The van der Waals surface area contributed by atoms with E-state index in [2.05, 4.69) is 35.5 Å². The van der Waals surface area contributed by atoms with Crippen molar-refractivity contribution in [2.24, 2.45) is 0 Å². The van der Waals surface area contributed by atoms with Crippen LogP contribution in [0.2, 0.25) is 0 Å². The number of nitrogens with zero attached hydrogens (tertiary/aromatic N) is 3. The quantitative estimate of drug-likeness (QED) is 0.850. The van der Waals surface area contributed by atoms with E-state index in [4.69, 9.17) is 4.74 Å². The molecule has 1 N–H and O–H groups in total. The molecule has 0 bridgehead atoms. The molecule has 0 unspecified atom stereocenters. The smallest absolute Gasteiger partial charge is 0.144 e. The summed E-state index contributed by atoms with van der Waals surface area (Å²) in [4.78, 5) is 2.33. The average Bonchev–Trinajstić information content (AvgIpc) is 3.18. The van der Waals surface area contributed by atoms with Gasteiger partial charge in [-0.05, 0) is 45.1 Å². The lowest BCUT2D eigenvalue weighted by molar-refractivity contribution is 0.261. The molecule has 1 aromatic carbocycles. The molecule has 1 aliphatic carbocycles. The lowest BCUT2D eigenvalue weighted by Crippen LogP contribution is -2.40. The van der Waals surface area contributed by atoms with Crippen LogP contribution in [0, 0.1) is 0 Å². The Bertz CT molecular complexity index is 631. The highest BCUT2D eigenvalue weighted by Crippen LogP contribution is 2.39. The molecule has 5 nitrogen and oxygen atoms in total. The van der Waals surface area contributed by atoms with Gasteiger partial charge in [-0.2, -0.15) is 5.10 Å². The third kappa shape index (κ3) is 2.87. The van der Waals surface area contributed by atoms with Gasteiger partial charge in [-0.1, -0.05) is 12.1 Å². The van der Waals surface area contributed by atoms with Crippen molar-refractivity contribution in [1.82, 2.24) is 20.0 Å². The van der Waals surface area contributed by atoms with Gasteiger partial charge in [-0.3, -0.25) is 0 Å². The molecule has 0 atom stereocenters. The largest absolute Gasteiger partial charge is 0.494 e. The number of likely N-dealkylation sites (N-methyl/N-ethyl adjacent to an activating group) is 1. The van der Waals surface area contributed by atoms with Crippen LogP contribution in [-0.4, -0.2) is 48.0 Å². The molecule has 0 radical (unpaired) electrons. The summed E-state index contributed by atoms with van der Waals surface area (Å²) in [6.45, 7) is 1.81. The zero-order valence-corrected chi connectivity index (χ0v) is 13.5. The van der Waals surface area contributed by atoms with Gasteiger partial charge in [0.2, 0.25) is 0 Å². The number of rotatable bonds is 7. The summed E-state index contributed by atoms with van der Waals surface area (Å²) in [6.07, 6.45) is 4.39. The number of aromatic nitrogens is 2. The Morgan fingerprint density at radius 3 is 2.73 bits per heavy atom. The fourth-order valence-electron chi connectivity index (χ4n) is 2.84. The van der Waals surface area contributed by atoms with Crippen LogP contribution in [0.1, 0.15) is 18.5 Å². The average molecular weight is 300 g/mol. The topological polar surface area (TPSA) is 42.3 Å². The molecule has 0 saturated heterocycles. The Hall–Kier alpha value is -1.85. The first kappa shape index (κ1) is 15.1. The van der Waals surface area contributed by atoms with Crippen LogP contribution in [0.15, 0.2) is 36.5 Å². The van der Waals surface area contributed by atoms with E-state index in [0.29, 0.717) is 5.54 Å². The first-order valence-corrected chi connectivity index (χ1v) is 7.71. The highest BCUT2D eigenvalue weighted by atomic mass is 16.5. The second-order valence-electron chi connectivity index (χ2n) is 6.13. The summed E-state index contributed by atoms with van der Waals surface area (Å²) < 4.78 is 7.38. The van der Waals surface area contributed by atoms with Crippen LogP contribution in [-0.2, 0) is 6.54 Å². The molecule has 118 valence electrons. The Balaban J connectivity index is 1.70. The van der Waals surface area contributed by atoms with Crippen molar-refractivity contribution in [2.45, 2.75) is 24.9 Å². The van der Waals surface area contributed by atoms with Crippen molar-refractivity contribution in [2.75, 3.05) is 27.7 Å². The number of methoxy groups -OCH3 is 1. The number of ether oxygens (including phenoxy) is 1. The van der Waals surface area contributed by atoms with Crippen molar-refractivity contribution in [3.05, 3.63) is 42.2 Å². The summed E-state index contributed by atoms with van der Waals surface area (Å²) in [7, 11) is 6.01. The van der Waals surface area contributed by atoms with Crippen molar-refractivity contribution >= 4 is 0 Å². The Morgan fingerprint density at radius 2 is 2.05 bits per heavy atom. The molecule has 5 heteroatoms. The molecular formula is C17H24N4O. The van der Waals surface area contributed by atoms with Crippen LogP contribution in [0.25, 0.3) is 5.69 Å². The molecule has 0 amide bonds. The molecule has 2 aromatic rings. The maximum absolute atomic E-state index is 5.44. The Kier molecular flexibility index (Phi) is 4.18. The van der Waals surface area contributed by atoms with E-state index < -0.39 is 0 Å². The molecule has 0 aliphatic heterocycles. The number of hydrogen-bond acceptors (Lipinski definition) is 4. The number of hydrogen-bond donors (Lipinski definition) is 1. The second kappa shape index (κ2) is 6.10. The van der Waals surface area contributed by atoms with Crippen LogP contribution in [0.3, 0.4) is 0 Å². The maximum atomic E-state index is 5.44.